The van der Waals surface area contributed by atoms with E-state index in [0.717, 1.165) is 47.5 Å². The molecule has 3 heterocycles. The van der Waals surface area contributed by atoms with Crippen LogP contribution in [0.25, 0.3) is 0 Å². The molecule has 0 aliphatic carbocycles. The van der Waals surface area contributed by atoms with Gasteiger partial charge in [-0.25, -0.2) is 9.97 Å². The van der Waals surface area contributed by atoms with E-state index >= 15 is 0 Å². The van der Waals surface area contributed by atoms with Crippen molar-refractivity contribution in [3.63, 3.8) is 0 Å². The van der Waals surface area contributed by atoms with Crippen molar-refractivity contribution in [2.45, 2.75) is 59.5 Å². The average molecular weight is 286 g/mol. The summed E-state index contributed by atoms with van der Waals surface area (Å²) in [6.07, 6.45) is 3.45. The molecule has 1 aliphatic rings. The Morgan fingerprint density at radius 3 is 2.71 bits per heavy atom. The predicted octanol–water partition coefficient (Wildman–Crippen LogP) is 2.50. The minimum Gasteiger partial charge on any atom is -0.360 e. The topological polar surface area (TPSA) is 68.5 Å². The van der Waals surface area contributed by atoms with Crippen molar-refractivity contribution < 1.29 is 0 Å². The van der Waals surface area contributed by atoms with Crippen molar-refractivity contribution in [1.82, 2.24) is 24.7 Å². The molecule has 0 radical (unpaired) electrons. The third-order valence-corrected chi connectivity index (χ3v) is 4.13. The zero-order chi connectivity index (χ0) is 15.0. The molecule has 1 atom stereocenters. The molecule has 0 fully saturated rings. The Labute approximate surface area is 125 Å². The molecule has 0 saturated heterocycles. The Bertz CT molecular complexity index is 660. The van der Waals surface area contributed by atoms with Crippen molar-refractivity contribution >= 4 is 5.82 Å². The molecule has 21 heavy (non-hydrogen) atoms. The monoisotopic (exact) mass is 286 g/mol. The number of hydrogen-bond donors (Lipinski definition) is 1. The van der Waals surface area contributed by atoms with E-state index in [-0.39, 0.29) is 6.04 Å². The van der Waals surface area contributed by atoms with Gasteiger partial charge in [0.1, 0.15) is 17.5 Å². The second-order valence-electron chi connectivity index (χ2n) is 5.78. The smallest absolute Gasteiger partial charge is 0.155 e. The molecule has 2 aromatic heterocycles. The summed E-state index contributed by atoms with van der Waals surface area (Å²) in [5.41, 5.74) is 2.10. The fourth-order valence-electron chi connectivity index (χ4n) is 2.83. The summed E-state index contributed by atoms with van der Waals surface area (Å²) in [5.74, 6) is 3.78. The molecule has 0 bridgehead atoms. The second-order valence-corrected chi connectivity index (χ2v) is 5.78. The number of nitrogens with zero attached hydrogens (tertiary/aromatic N) is 5. The number of anilines is 1. The van der Waals surface area contributed by atoms with Gasteiger partial charge in [0, 0.05) is 24.2 Å². The zero-order valence-electron chi connectivity index (χ0n) is 13.1. The van der Waals surface area contributed by atoms with Crippen LogP contribution in [-0.4, -0.2) is 24.7 Å². The Morgan fingerprint density at radius 1 is 1.10 bits per heavy atom. The van der Waals surface area contributed by atoms with Crippen molar-refractivity contribution in [3.8, 4) is 0 Å². The van der Waals surface area contributed by atoms with Crippen LogP contribution in [0.1, 0.15) is 54.5 Å². The van der Waals surface area contributed by atoms with Gasteiger partial charge in [-0.1, -0.05) is 0 Å². The second kappa shape index (κ2) is 5.42. The number of hydrogen-bond acceptors (Lipinski definition) is 5. The molecule has 1 N–H and O–H groups in total. The third-order valence-electron chi connectivity index (χ3n) is 4.13. The van der Waals surface area contributed by atoms with Crippen molar-refractivity contribution in [3.05, 3.63) is 28.7 Å². The van der Waals surface area contributed by atoms with Crippen LogP contribution in [0, 0.1) is 20.8 Å². The van der Waals surface area contributed by atoms with Crippen LogP contribution < -0.4 is 5.32 Å². The number of aromatic nitrogens is 5. The number of rotatable bonds is 3. The first-order valence-electron chi connectivity index (χ1n) is 7.56. The van der Waals surface area contributed by atoms with Gasteiger partial charge in [0.05, 0.1) is 6.04 Å². The Morgan fingerprint density at radius 2 is 1.90 bits per heavy atom. The number of nitrogens with one attached hydrogen (secondary N) is 1. The summed E-state index contributed by atoms with van der Waals surface area (Å²) in [7, 11) is 0. The number of aryl methyl sites for hydroxylation is 3. The molecule has 0 spiro atoms. The molecule has 0 aromatic carbocycles. The zero-order valence-corrected chi connectivity index (χ0v) is 13.1. The van der Waals surface area contributed by atoms with E-state index in [9.17, 15) is 0 Å². The van der Waals surface area contributed by atoms with E-state index in [4.69, 9.17) is 0 Å². The van der Waals surface area contributed by atoms with Gasteiger partial charge in [0.25, 0.3) is 0 Å². The van der Waals surface area contributed by atoms with Gasteiger partial charge in [0.15, 0.2) is 5.82 Å². The maximum absolute atomic E-state index is 4.52. The first kappa shape index (κ1) is 14.0. The van der Waals surface area contributed by atoms with Gasteiger partial charge in [0.2, 0.25) is 0 Å². The predicted molar refractivity (Wildman–Crippen MR) is 81.2 cm³/mol. The fraction of sp³-hybridized carbons (Fsp3) is 0.600. The van der Waals surface area contributed by atoms with Crippen LogP contribution in [0.5, 0.6) is 0 Å². The first-order chi connectivity index (χ1) is 10.1. The lowest BCUT2D eigenvalue weighted by molar-refractivity contribution is 0.500. The molecule has 3 rings (SSSR count). The van der Waals surface area contributed by atoms with Crippen molar-refractivity contribution in [1.29, 1.82) is 0 Å². The average Bonchev–Trinajstić information content (AvgIpc) is 2.88. The van der Waals surface area contributed by atoms with Crippen molar-refractivity contribution in [2.75, 3.05) is 5.32 Å². The molecule has 1 aliphatic heterocycles. The van der Waals surface area contributed by atoms with Gasteiger partial charge in [-0.15, -0.1) is 10.2 Å². The third kappa shape index (κ3) is 2.62. The summed E-state index contributed by atoms with van der Waals surface area (Å²) in [6, 6.07) is 0.0803. The molecule has 0 amide bonds. The van der Waals surface area contributed by atoms with Crippen LogP contribution in [0.3, 0.4) is 0 Å². The van der Waals surface area contributed by atoms with Gasteiger partial charge in [-0.2, -0.15) is 0 Å². The standard InChI is InChI=1S/C15H22N6/c1-9-10(2)16-12(4)18-14(9)17-11(3)15-20-19-13-7-5-6-8-21(13)15/h11H,5-8H2,1-4H3,(H,16,17,18). The summed E-state index contributed by atoms with van der Waals surface area (Å²) in [4.78, 5) is 8.91. The SMILES string of the molecule is Cc1nc(C)c(C)c(NC(C)c2nnc3n2CCCC3)n1. The summed E-state index contributed by atoms with van der Waals surface area (Å²) < 4.78 is 2.25. The van der Waals surface area contributed by atoms with E-state index < -0.39 is 0 Å². The summed E-state index contributed by atoms with van der Waals surface area (Å²) in [5, 5.41) is 12.2. The van der Waals surface area contributed by atoms with Crippen LogP contribution in [0.15, 0.2) is 0 Å². The van der Waals surface area contributed by atoms with Crippen molar-refractivity contribution in [2.24, 2.45) is 0 Å². The molecule has 6 heteroatoms. The van der Waals surface area contributed by atoms with Crippen LogP contribution in [0.4, 0.5) is 5.82 Å². The molecule has 0 saturated carbocycles. The molecular formula is C15H22N6. The fourth-order valence-corrected chi connectivity index (χ4v) is 2.83. The van der Waals surface area contributed by atoms with Crippen LogP contribution in [0.2, 0.25) is 0 Å². The normalized spacial score (nSPS) is 15.6. The quantitative estimate of drug-likeness (QED) is 0.939. The Balaban J connectivity index is 1.87. The molecule has 112 valence electrons. The maximum atomic E-state index is 4.52. The van der Waals surface area contributed by atoms with Gasteiger partial charge in [-0.05, 0) is 40.5 Å². The highest BCUT2D eigenvalue weighted by Gasteiger charge is 2.21. The lowest BCUT2D eigenvalue weighted by Crippen LogP contribution is -2.19. The highest BCUT2D eigenvalue weighted by Crippen LogP contribution is 2.23. The van der Waals surface area contributed by atoms with E-state index in [2.05, 4.69) is 37.0 Å². The number of fused-ring (bicyclic) bond motifs is 1. The highest BCUT2D eigenvalue weighted by molar-refractivity contribution is 5.46. The summed E-state index contributed by atoms with van der Waals surface area (Å²) >= 11 is 0. The van der Waals surface area contributed by atoms with Gasteiger partial charge in [-0.3, -0.25) is 0 Å². The maximum Gasteiger partial charge on any atom is 0.155 e. The summed E-state index contributed by atoms with van der Waals surface area (Å²) in [6.45, 7) is 9.10. The Hall–Kier alpha value is -1.98. The Kier molecular flexibility index (Phi) is 3.61. The lowest BCUT2D eigenvalue weighted by atomic mass is 10.1. The van der Waals surface area contributed by atoms with Crippen LogP contribution >= 0.6 is 0 Å². The van der Waals surface area contributed by atoms with Gasteiger partial charge < -0.3 is 9.88 Å². The van der Waals surface area contributed by atoms with E-state index in [1.807, 2.05) is 20.8 Å². The van der Waals surface area contributed by atoms with E-state index in [0.29, 0.717) is 0 Å². The minimum absolute atomic E-state index is 0.0803. The molecule has 1 unspecified atom stereocenters. The van der Waals surface area contributed by atoms with E-state index in [1.165, 1.54) is 12.8 Å². The van der Waals surface area contributed by atoms with Gasteiger partial charge >= 0.3 is 0 Å². The lowest BCUT2D eigenvalue weighted by Gasteiger charge is -2.20. The first-order valence-corrected chi connectivity index (χ1v) is 7.56. The minimum atomic E-state index is 0.0803. The van der Waals surface area contributed by atoms with E-state index in [1.54, 1.807) is 0 Å². The molecule has 2 aromatic rings. The molecular weight excluding hydrogens is 264 g/mol. The largest absolute Gasteiger partial charge is 0.360 e. The van der Waals surface area contributed by atoms with Crippen LogP contribution in [-0.2, 0) is 13.0 Å². The highest BCUT2D eigenvalue weighted by atomic mass is 15.3. The molecule has 6 nitrogen and oxygen atoms in total.